The summed E-state index contributed by atoms with van der Waals surface area (Å²) in [6.07, 6.45) is 0. The van der Waals surface area contributed by atoms with E-state index in [1.54, 1.807) is 13.2 Å². The Bertz CT molecular complexity index is 1070. The molecule has 7 heteroatoms. The van der Waals surface area contributed by atoms with Gasteiger partial charge >= 0.3 is 0 Å². The summed E-state index contributed by atoms with van der Waals surface area (Å²) in [6.45, 7) is 3.19. The number of methoxy groups -OCH3 is 1. The number of benzene rings is 3. The van der Waals surface area contributed by atoms with Crippen molar-refractivity contribution in [2.24, 2.45) is 0 Å². The van der Waals surface area contributed by atoms with Crippen molar-refractivity contribution in [3.8, 4) is 5.75 Å². The molecule has 33 heavy (non-hydrogen) atoms. The number of carbonyl (C=O) groups is 2. The van der Waals surface area contributed by atoms with Crippen molar-refractivity contribution < 1.29 is 14.3 Å². The maximum atomic E-state index is 13.0. The average Bonchev–Trinajstić information content (AvgIpc) is 2.83. The number of anilines is 1. The summed E-state index contributed by atoms with van der Waals surface area (Å²) in [7, 11) is 1.63. The molecule has 1 unspecified atom stereocenters. The van der Waals surface area contributed by atoms with Crippen molar-refractivity contribution in [1.29, 1.82) is 0 Å². The summed E-state index contributed by atoms with van der Waals surface area (Å²) >= 11 is 2.23. The van der Waals surface area contributed by atoms with Gasteiger partial charge in [-0.05, 0) is 83.6 Å². The van der Waals surface area contributed by atoms with Gasteiger partial charge in [-0.2, -0.15) is 0 Å². The second-order valence-corrected chi connectivity index (χ2v) is 8.88. The molecule has 0 aliphatic heterocycles. The zero-order valence-corrected chi connectivity index (χ0v) is 20.9. The minimum absolute atomic E-state index is 0.128. The van der Waals surface area contributed by atoms with Crippen LogP contribution in [0.3, 0.4) is 0 Å². The Labute approximate surface area is 208 Å². The van der Waals surface area contributed by atoms with Crippen molar-refractivity contribution in [3.05, 3.63) is 93.1 Å². The minimum Gasteiger partial charge on any atom is -0.497 e. The van der Waals surface area contributed by atoms with E-state index in [2.05, 4.69) is 38.5 Å². The van der Waals surface area contributed by atoms with Gasteiger partial charge in [0.15, 0.2) is 0 Å². The molecule has 3 aromatic carbocycles. The molecule has 0 heterocycles. The molecule has 3 rings (SSSR count). The lowest BCUT2D eigenvalue weighted by Gasteiger charge is -2.19. The third-order valence-corrected chi connectivity index (χ3v) is 5.90. The Morgan fingerprint density at radius 1 is 0.939 bits per heavy atom. The first-order valence-electron chi connectivity index (χ1n) is 10.7. The Morgan fingerprint density at radius 2 is 1.67 bits per heavy atom. The van der Waals surface area contributed by atoms with Crippen LogP contribution in [-0.4, -0.2) is 38.6 Å². The zero-order chi connectivity index (χ0) is 23.6. The lowest BCUT2D eigenvalue weighted by molar-refractivity contribution is -0.122. The maximum Gasteiger partial charge on any atom is 0.251 e. The molecule has 172 valence electrons. The van der Waals surface area contributed by atoms with E-state index in [-0.39, 0.29) is 18.4 Å². The Balaban J connectivity index is 1.58. The number of halogens is 1. The van der Waals surface area contributed by atoms with Gasteiger partial charge in [-0.3, -0.25) is 9.59 Å². The molecule has 0 radical (unpaired) electrons. The van der Waals surface area contributed by atoms with Crippen LogP contribution in [0, 0.1) is 10.5 Å². The minimum atomic E-state index is -0.489. The van der Waals surface area contributed by atoms with Crippen LogP contribution in [0.4, 0.5) is 5.69 Å². The van der Waals surface area contributed by atoms with E-state index in [9.17, 15) is 9.59 Å². The number of nitrogens with one attached hydrogen (secondary N) is 3. The largest absolute Gasteiger partial charge is 0.497 e. The second kappa shape index (κ2) is 12.2. The van der Waals surface area contributed by atoms with E-state index < -0.39 is 5.92 Å². The molecule has 0 saturated heterocycles. The van der Waals surface area contributed by atoms with Crippen LogP contribution in [0.1, 0.15) is 27.4 Å². The van der Waals surface area contributed by atoms with Gasteiger partial charge in [0.1, 0.15) is 5.75 Å². The standard InChI is InChI=1S/C26H28IN3O3/c1-18-4-3-5-20(16-18)25(31)30-17-24(19-6-8-21(27)9-7-19)26(32)29-15-14-28-22-10-12-23(33-2)13-11-22/h3-13,16,24,28H,14-15,17H2,1-2H3,(H,29,32)(H,30,31). The van der Waals surface area contributed by atoms with Gasteiger partial charge in [0.05, 0.1) is 13.0 Å². The van der Waals surface area contributed by atoms with Crippen molar-refractivity contribution in [2.45, 2.75) is 12.8 Å². The van der Waals surface area contributed by atoms with Gasteiger partial charge in [-0.25, -0.2) is 0 Å². The average molecular weight is 557 g/mol. The number of hydrogen-bond donors (Lipinski definition) is 3. The van der Waals surface area contributed by atoms with Gasteiger partial charge in [0.2, 0.25) is 5.91 Å². The number of amides is 2. The highest BCUT2D eigenvalue weighted by atomic mass is 127. The fraction of sp³-hybridized carbons (Fsp3) is 0.231. The quantitative estimate of drug-likeness (QED) is 0.256. The molecule has 3 aromatic rings. The third kappa shape index (κ3) is 7.49. The first-order chi connectivity index (χ1) is 16.0. The molecule has 0 aliphatic rings. The van der Waals surface area contributed by atoms with E-state index in [1.165, 1.54) is 0 Å². The molecule has 2 amide bonds. The molecular weight excluding hydrogens is 529 g/mol. The van der Waals surface area contributed by atoms with E-state index in [0.29, 0.717) is 18.7 Å². The summed E-state index contributed by atoms with van der Waals surface area (Å²) in [6, 6.07) is 22.8. The predicted octanol–water partition coefficient (Wildman–Crippen LogP) is 4.35. The molecule has 0 aliphatic carbocycles. The predicted molar refractivity (Wildman–Crippen MR) is 140 cm³/mol. The van der Waals surface area contributed by atoms with Gasteiger partial charge < -0.3 is 20.7 Å². The smallest absolute Gasteiger partial charge is 0.251 e. The van der Waals surface area contributed by atoms with Crippen molar-refractivity contribution in [3.63, 3.8) is 0 Å². The Morgan fingerprint density at radius 3 is 2.33 bits per heavy atom. The summed E-state index contributed by atoms with van der Waals surface area (Å²) in [5.41, 5.74) is 3.41. The first-order valence-corrected chi connectivity index (χ1v) is 11.8. The van der Waals surface area contributed by atoms with Crippen LogP contribution < -0.4 is 20.7 Å². The molecular formula is C26H28IN3O3. The number of rotatable bonds is 10. The van der Waals surface area contributed by atoms with Crippen LogP contribution in [-0.2, 0) is 4.79 Å². The van der Waals surface area contributed by atoms with Crippen LogP contribution in [0.5, 0.6) is 5.75 Å². The molecule has 0 bridgehead atoms. The molecule has 0 fully saturated rings. The summed E-state index contributed by atoms with van der Waals surface area (Å²) in [5, 5.41) is 9.17. The fourth-order valence-electron chi connectivity index (χ4n) is 3.36. The SMILES string of the molecule is COc1ccc(NCCNC(=O)C(CNC(=O)c2cccc(C)c2)c2ccc(I)cc2)cc1. The lowest BCUT2D eigenvalue weighted by Crippen LogP contribution is -2.39. The van der Waals surface area contributed by atoms with Crippen molar-refractivity contribution >= 4 is 40.1 Å². The van der Waals surface area contributed by atoms with E-state index >= 15 is 0 Å². The third-order valence-electron chi connectivity index (χ3n) is 5.18. The summed E-state index contributed by atoms with van der Waals surface area (Å²) < 4.78 is 6.25. The van der Waals surface area contributed by atoms with E-state index in [4.69, 9.17) is 4.74 Å². The Hall–Kier alpha value is -3.07. The molecule has 6 nitrogen and oxygen atoms in total. The highest BCUT2D eigenvalue weighted by Gasteiger charge is 2.21. The summed E-state index contributed by atoms with van der Waals surface area (Å²) in [5.74, 6) is -0.0147. The number of hydrogen-bond acceptors (Lipinski definition) is 4. The van der Waals surface area contributed by atoms with Crippen LogP contribution in [0.2, 0.25) is 0 Å². The van der Waals surface area contributed by atoms with Gasteiger partial charge in [-0.15, -0.1) is 0 Å². The highest BCUT2D eigenvalue weighted by Crippen LogP contribution is 2.18. The number of aryl methyl sites for hydroxylation is 1. The number of carbonyl (C=O) groups excluding carboxylic acids is 2. The molecule has 1 atom stereocenters. The fourth-order valence-corrected chi connectivity index (χ4v) is 3.72. The first kappa shape index (κ1) is 24.6. The number of ether oxygens (including phenoxy) is 1. The normalized spacial score (nSPS) is 11.4. The van der Waals surface area contributed by atoms with Gasteiger partial charge in [0, 0.05) is 34.5 Å². The van der Waals surface area contributed by atoms with Crippen LogP contribution >= 0.6 is 22.6 Å². The van der Waals surface area contributed by atoms with Crippen LogP contribution in [0.15, 0.2) is 72.8 Å². The lowest BCUT2D eigenvalue weighted by atomic mass is 9.98. The van der Waals surface area contributed by atoms with E-state index in [0.717, 1.165) is 26.1 Å². The highest BCUT2D eigenvalue weighted by molar-refractivity contribution is 14.1. The Kier molecular flexibility index (Phi) is 9.12. The molecule has 0 aromatic heterocycles. The van der Waals surface area contributed by atoms with Crippen molar-refractivity contribution in [1.82, 2.24) is 10.6 Å². The molecule has 3 N–H and O–H groups in total. The summed E-state index contributed by atoms with van der Waals surface area (Å²) in [4.78, 5) is 25.6. The van der Waals surface area contributed by atoms with Gasteiger partial charge in [0.25, 0.3) is 5.91 Å². The maximum absolute atomic E-state index is 13.0. The van der Waals surface area contributed by atoms with E-state index in [1.807, 2.05) is 73.7 Å². The molecule has 0 spiro atoms. The topological polar surface area (TPSA) is 79.5 Å². The monoisotopic (exact) mass is 557 g/mol. The zero-order valence-electron chi connectivity index (χ0n) is 18.7. The second-order valence-electron chi connectivity index (χ2n) is 7.63. The molecule has 0 saturated carbocycles. The van der Waals surface area contributed by atoms with Crippen molar-refractivity contribution in [2.75, 3.05) is 32.1 Å². The van der Waals surface area contributed by atoms with Crippen LogP contribution in [0.25, 0.3) is 0 Å². The van der Waals surface area contributed by atoms with Gasteiger partial charge in [-0.1, -0.05) is 29.8 Å².